The maximum Gasteiger partial charge on any atom is 0.337 e. The van der Waals surface area contributed by atoms with Gasteiger partial charge in [0.15, 0.2) is 6.10 Å². The molecule has 1 aromatic carbocycles. The number of halogens is 1. The highest BCUT2D eigenvalue weighted by Gasteiger charge is 2.25. The van der Waals surface area contributed by atoms with Gasteiger partial charge in [-0.25, -0.2) is 14.0 Å². The van der Waals surface area contributed by atoms with Crippen LogP contribution in [-0.4, -0.2) is 47.8 Å². The molecule has 1 heterocycles. The second-order valence-electron chi connectivity index (χ2n) is 4.36. The smallest absolute Gasteiger partial charge is 0.337 e. The van der Waals surface area contributed by atoms with E-state index >= 15 is 0 Å². The van der Waals surface area contributed by atoms with Gasteiger partial charge in [-0.1, -0.05) is 0 Å². The number of benzene rings is 1. The zero-order valence-electron chi connectivity index (χ0n) is 10.9. The summed E-state index contributed by atoms with van der Waals surface area (Å²) in [4.78, 5) is 24.4. The van der Waals surface area contributed by atoms with Crippen LogP contribution in [0.2, 0.25) is 0 Å². The molecule has 7 nitrogen and oxygen atoms in total. The number of carbonyl (C=O) groups is 2. The van der Waals surface area contributed by atoms with Crippen LogP contribution in [0.3, 0.4) is 0 Å². The summed E-state index contributed by atoms with van der Waals surface area (Å²) in [5, 5.41) is 20.1. The quantitative estimate of drug-likeness (QED) is 0.855. The third-order valence-corrected chi connectivity index (χ3v) is 2.95. The molecule has 0 radical (unpaired) electrons. The predicted octanol–water partition coefficient (Wildman–Crippen LogP) is 1.28. The predicted molar refractivity (Wildman–Crippen MR) is 69.3 cm³/mol. The van der Waals surface area contributed by atoms with E-state index in [-0.39, 0.29) is 30.9 Å². The number of hydrogen-bond donors (Lipinski definition) is 2. The SMILES string of the molecule is N#CC1CN(C(=O)Nc2cc(F)ccc2C(=O)O)CCO1. The lowest BCUT2D eigenvalue weighted by molar-refractivity contribution is 0.0181. The molecular weight excluding hydrogens is 281 g/mol. The molecule has 2 N–H and O–H groups in total. The molecule has 0 aliphatic carbocycles. The number of hydrogen-bond acceptors (Lipinski definition) is 4. The molecule has 0 aromatic heterocycles. The van der Waals surface area contributed by atoms with Gasteiger partial charge in [0.2, 0.25) is 0 Å². The number of aromatic carboxylic acids is 1. The number of carboxylic acid groups (broad SMARTS) is 1. The Balaban J connectivity index is 2.14. The zero-order valence-corrected chi connectivity index (χ0v) is 10.9. The van der Waals surface area contributed by atoms with Gasteiger partial charge in [0.25, 0.3) is 0 Å². The van der Waals surface area contributed by atoms with E-state index in [0.29, 0.717) is 0 Å². The van der Waals surface area contributed by atoms with Gasteiger partial charge < -0.3 is 20.1 Å². The second kappa shape index (κ2) is 6.19. The van der Waals surface area contributed by atoms with E-state index in [2.05, 4.69) is 5.32 Å². The molecule has 21 heavy (non-hydrogen) atoms. The van der Waals surface area contributed by atoms with Crippen molar-refractivity contribution in [3.63, 3.8) is 0 Å². The average Bonchev–Trinajstić information content (AvgIpc) is 2.47. The first-order valence-electron chi connectivity index (χ1n) is 6.11. The van der Waals surface area contributed by atoms with Gasteiger partial charge in [0.1, 0.15) is 5.82 Å². The highest BCUT2D eigenvalue weighted by atomic mass is 19.1. The number of carbonyl (C=O) groups excluding carboxylic acids is 1. The summed E-state index contributed by atoms with van der Waals surface area (Å²) < 4.78 is 18.3. The van der Waals surface area contributed by atoms with Crippen LogP contribution < -0.4 is 5.32 Å². The second-order valence-corrected chi connectivity index (χ2v) is 4.36. The number of morpholine rings is 1. The van der Waals surface area contributed by atoms with Crippen molar-refractivity contribution in [2.24, 2.45) is 0 Å². The van der Waals surface area contributed by atoms with E-state index in [1.807, 2.05) is 6.07 Å². The van der Waals surface area contributed by atoms with E-state index in [4.69, 9.17) is 15.1 Å². The van der Waals surface area contributed by atoms with Crippen LogP contribution in [0.15, 0.2) is 18.2 Å². The first-order valence-corrected chi connectivity index (χ1v) is 6.11. The fraction of sp³-hybridized carbons (Fsp3) is 0.308. The summed E-state index contributed by atoms with van der Waals surface area (Å²) in [6.45, 7) is 0.544. The van der Waals surface area contributed by atoms with Gasteiger partial charge in [-0.05, 0) is 18.2 Å². The lowest BCUT2D eigenvalue weighted by Crippen LogP contribution is -2.47. The molecule has 110 valence electrons. The molecule has 1 unspecified atom stereocenters. The van der Waals surface area contributed by atoms with Crippen molar-refractivity contribution < 1.29 is 23.8 Å². The fourth-order valence-electron chi connectivity index (χ4n) is 1.91. The van der Waals surface area contributed by atoms with Crippen LogP contribution in [0.4, 0.5) is 14.9 Å². The Morgan fingerprint density at radius 2 is 2.29 bits per heavy atom. The number of nitriles is 1. The Kier molecular flexibility index (Phi) is 4.35. The van der Waals surface area contributed by atoms with Crippen molar-refractivity contribution >= 4 is 17.7 Å². The van der Waals surface area contributed by atoms with Crippen molar-refractivity contribution in [3.8, 4) is 6.07 Å². The number of urea groups is 1. The molecule has 1 fully saturated rings. The topological polar surface area (TPSA) is 103 Å². The van der Waals surface area contributed by atoms with Crippen molar-refractivity contribution in [2.75, 3.05) is 25.0 Å². The molecule has 0 bridgehead atoms. The van der Waals surface area contributed by atoms with Crippen LogP contribution in [-0.2, 0) is 4.74 Å². The van der Waals surface area contributed by atoms with Crippen molar-refractivity contribution in [3.05, 3.63) is 29.6 Å². The zero-order chi connectivity index (χ0) is 15.4. The van der Waals surface area contributed by atoms with Crippen molar-refractivity contribution in [1.29, 1.82) is 5.26 Å². The van der Waals surface area contributed by atoms with Gasteiger partial charge in [-0.2, -0.15) is 5.26 Å². The molecule has 1 aromatic rings. The molecule has 2 rings (SSSR count). The van der Waals surface area contributed by atoms with Crippen LogP contribution in [0.25, 0.3) is 0 Å². The number of rotatable bonds is 2. The molecular formula is C13H12FN3O4. The number of anilines is 1. The van der Waals surface area contributed by atoms with Crippen molar-refractivity contribution in [2.45, 2.75) is 6.10 Å². The number of amides is 2. The Bertz CT molecular complexity index is 614. The minimum Gasteiger partial charge on any atom is -0.478 e. The largest absolute Gasteiger partial charge is 0.478 e. The molecule has 2 amide bonds. The lowest BCUT2D eigenvalue weighted by atomic mass is 10.1. The van der Waals surface area contributed by atoms with Crippen molar-refractivity contribution in [1.82, 2.24) is 4.90 Å². The third kappa shape index (κ3) is 3.46. The Labute approximate surface area is 119 Å². The summed E-state index contributed by atoms with van der Waals surface area (Å²) in [6.07, 6.45) is -0.726. The first-order chi connectivity index (χ1) is 10.0. The standard InChI is InChI=1S/C13H12FN3O4/c14-8-1-2-10(12(18)19)11(5-8)16-13(20)17-3-4-21-9(6-15)7-17/h1-2,5,9H,3-4,7H2,(H,16,20)(H,18,19). The van der Waals surface area contributed by atoms with E-state index in [1.54, 1.807) is 0 Å². The molecule has 1 saturated heterocycles. The minimum atomic E-state index is -1.28. The van der Waals surface area contributed by atoms with Crippen LogP contribution >= 0.6 is 0 Å². The number of ether oxygens (including phenoxy) is 1. The van der Waals surface area contributed by atoms with Gasteiger partial charge in [-0.3, -0.25) is 0 Å². The van der Waals surface area contributed by atoms with Gasteiger partial charge in [0.05, 0.1) is 30.5 Å². The molecule has 1 aliphatic rings. The third-order valence-electron chi connectivity index (χ3n) is 2.95. The maximum absolute atomic E-state index is 13.2. The summed E-state index contributed by atoms with van der Waals surface area (Å²) >= 11 is 0. The number of carboxylic acids is 1. The Morgan fingerprint density at radius 1 is 1.52 bits per heavy atom. The minimum absolute atomic E-state index is 0.0695. The van der Waals surface area contributed by atoms with E-state index in [9.17, 15) is 14.0 Å². The van der Waals surface area contributed by atoms with E-state index < -0.39 is 23.9 Å². The van der Waals surface area contributed by atoms with E-state index in [0.717, 1.165) is 18.2 Å². The van der Waals surface area contributed by atoms with Crippen LogP contribution in [0.5, 0.6) is 0 Å². The van der Waals surface area contributed by atoms with Crippen LogP contribution in [0.1, 0.15) is 10.4 Å². The summed E-state index contributed by atoms with van der Waals surface area (Å²) in [5.41, 5.74) is -0.345. The fourth-order valence-corrected chi connectivity index (χ4v) is 1.91. The van der Waals surface area contributed by atoms with Gasteiger partial charge in [0, 0.05) is 6.54 Å². The number of nitrogens with zero attached hydrogens (tertiary/aromatic N) is 2. The molecule has 1 aliphatic heterocycles. The van der Waals surface area contributed by atoms with Gasteiger partial charge in [-0.15, -0.1) is 0 Å². The van der Waals surface area contributed by atoms with Crippen LogP contribution in [0, 0.1) is 17.1 Å². The number of nitrogens with one attached hydrogen (secondary N) is 1. The Hall–Kier alpha value is -2.66. The maximum atomic E-state index is 13.2. The monoisotopic (exact) mass is 293 g/mol. The normalized spacial score (nSPS) is 17.9. The van der Waals surface area contributed by atoms with E-state index in [1.165, 1.54) is 4.90 Å². The average molecular weight is 293 g/mol. The Morgan fingerprint density at radius 3 is 2.95 bits per heavy atom. The summed E-state index contributed by atoms with van der Waals surface area (Å²) in [7, 11) is 0. The van der Waals surface area contributed by atoms with Gasteiger partial charge >= 0.3 is 12.0 Å². The summed E-state index contributed by atoms with van der Waals surface area (Å²) in [5.74, 6) is -1.94. The first kappa shape index (κ1) is 14.7. The highest BCUT2D eigenvalue weighted by molar-refractivity contribution is 6.00. The molecule has 1 atom stereocenters. The lowest BCUT2D eigenvalue weighted by Gasteiger charge is -2.29. The molecule has 0 saturated carbocycles. The summed E-state index contributed by atoms with van der Waals surface area (Å²) in [6, 6.07) is 4.30. The highest BCUT2D eigenvalue weighted by Crippen LogP contribution is 2.18. The molecule has 8 heteroatoms. The molecule has 0 spiro atoms.